The number of rotatable bonds is 3. The van der Waals surface area contributed by atoms with Crippen LogP contribution in [0.5, 0.6) is 0 Å². The number of nitrogens with zero attached hydrogens (tertiary/aromatic N) is 1. The van der Waals surface area contributed by atoms with E-state index in [1.807, 2.05) is 32.0 Å². The zero-order valence-corrected chi connectivity index (χ0v) is 8.54. The highest BCUT2D eigenvalue weighted by Gasteiger charge is 2.12. The third-order valence-corrected chi connectivity index (χ3v) is 2.34. The Hall–Kier alpha value is -1.33. The number of aliphatic hydroxyl groups is 1. The van der Waals surface area contributed by atoms with Gasteiger partial charge in [-0.25, -0.2) is 0 Å². The molecule has 0 aromatic heterocycles. The van der Waals surface area contributed by atoms with Crippen molar-refractivity contribution in [1.29, 1.82) is 5.26 Å². The van der Waals surface area contributed by atoms with Crippen LogP contribution in [0.2, 0.25) is 0 Å². The molecule has 0 spiro atoms. The van der Waals surface area contributed by atoms with E-state index < -0.39 is 0 Å². The first-order valence-corrected chi connectivity index (χ1v) is 4.70. The molecule has 0 fully saturated rings. The Kier molecular flexibility index (Phi) is 3.67. The molecule has 0 saturated carbocycles. The summed E-state index contributed by atoms with van der Waals surface area (Å²) in [6, 6.07) is 7.95. The maximum atomic E-state index is 9.03. The highest BCUT2D eigenvalue weighted by atomic mass is 16.3. The highest BCUT2D eigenvalue weighted by Crippen LogP contribution is 2.21. The molecule has 0 saturated heterocycles. The van der Waals surface area contributed by atoms with Gasteiger partial charge in [0.15, 0.2) is 0 Å². The molecule has 1 radical (unpaired) electrons. The summed E-state index contributed by atoms with van der Waals surface area (Å²) in [4.78, 5) is 0. The van der Waals surface area contributed by atoms with Gasteiger partial charge in [0.1, 0.15) is 0 Å². The Balaban J connectivity index is 3.23. The second-order valence-electron chi connectivity index (χ2n) is 3.24. The monoisotopic (exact) mass is 188 g/mol. The number of nitriles is 1. The summed E-state index contributed by atoms with van der Waals surface area (Å²) >= 11 is 0. The molecular weight excluding hydrogens is 174 g/mol. The van der Waals surface area contributed by atoms with Gasteiger partial charge in [-0.2, -0.15) is 5.26 Å². The fourth-order valence-electron chi connectivity index (χ4n) is 1.47. The largest absolute Gasteiger partial charge is 0.395 e. The minimum absolute atomic E-state index is 0.00183. The minimum Gasteiger partial charge on any atom is -0.395 e. The Morgan fingerprint density at radius 2 is 2.21 bits per heavy atom. The van der Waals surface area contributed by atoms with Crippen LogP contribution in [0, 0.1) is 17.2 Å². The summed E-state index contributed by atoms with van der Waals surface area (Å²) in [5.74, 6) is 0.844. The van der Waals surface area contributed by atoms with Crippen molar-refractivity contribution in [3.8, 4) is 6.07 Å². The molecule has 0 aliphatic rings. The third-order valence-electron chi connectivity index (χ3n) is 2.34. The molecule has 1 rings (SSSR count). The second kappa shape index (κ2) is 4.78. The molecule has 0 atom stereocenters. The molecule has 1 aromatic rings. The average molecular weight is 188 g/mol. The standard InChI is InChI=1S/C12H14NO/c1-3-10-5-4-6-11(9(2)8-14)12(10)7-13/h4-6,14H,3,8H2,1-2H3. The van der Waals surface area contributed by atoms with Crippen molar-refractivity contribution in [3.05, 3.63) is 40.8 Å². The van der Waals surface area contributed by atoms with Crippen molar-refractivity contribution in [2.75, 3.05) is 6.61 Å². The van der Waals surface area contributed by atoms with E-state index in [9.17, 15) is 0 Å². The maximum absolute atomic E-state index is 9.03. The summed E-state index contributed by atoms with van der Waals surface area (Å²) in [6.07, 6.45) is 0.843. The smallest absolute Gasteiger partial charge is 0.0997 e. The lowest BCUT2D eigenvalue weighted by molar-refractivity contribution is 0.315. The van der Waals surface area contributed by atoms with E-state index in [0.29, 0.717) is 5.56 Å². The van der Waals surface area contributed by atoms with Crippen LogP contribution in [0.15, 0.2) is 18.2 Å². The van der Waals surface area contributed by atoms with E-state index in [-0.39, 0.29) is 6.61 Å². The summed E-state index contributed by atoms with van der Waals surface area (Å²) in [5.41, 5.74) is 2.61. The van der Waals surface area contributed by atoms with E-state index in [1.54, 1.807) is 0 Å². The highest BCUT2D eigenvalue weighted by molar-refractivity contribution is 5.50. The SMILES string of the molecule is CCc1cccc([C](C)CO)c1C#N. The zero-order chi connectivity index (χ0) is 10.6. The predicted octanol–water partition coefficient (Wildman–Crippen LogP) is 2.06. The Morgan fingerprint density at radius 1 is 1.50 bits per heavy atom. The quantitative estimate of drug-likeness (QED) is 0.789. The number of hydrogen-bond acceptors (Lipinski definition) is 2. The number of hydrogen-bond donors (Lipinski definition) is 1. The van der Waals surface area contributed by atoms with Gasteiger partial charge in [-0.3, -0.25) is 0 Å². The first kappa shape index (κ1) is 10.7. The van der Waals surface area contributed by atoms with Gasteiger partial charge in [-0.1, -0.05) is 32.0 Å². The van der Waals surface area contributed by atoms with Gasteiger partial charge in [-0.15, -0.1) is 0 Å². The van der Waals surface area contributed by atoms with E-state index in [2.05, 4.69) is 6.07 Å². The van der Waals surface area contributed by atoms with Gasteiger partial charge >= 0.3 is 0 Å². The molecule has 1 aromatic carbocycles. The lowest BCUT2D eigenvalue weighted by Crippen LogP contribution is -2.04. The van der Waals surface area contributed by atoms with Crippen molar-refractivity contribution in [2.24, 2.45) is 0 Å². The van der Waals surface area contributed by atoms with Crippen molar-refractivity contribution in [1.82, 2.24) is 0 Å². The molecule has 0 aliphatic heterocycles. The molecule has 73 valence electrons. The normalized spacial score (nSPS) is 10.2. The van der Waals surface area contributed by atoms with Gasteiger partial charge in [0.2, 0.25) is 0 Å². The van der Waals surface area contributed by atoms with Gasteiger partial charge < -0.3 is 5.11 Å². The van der Waals surface area contributed by atoms with Crippen LogP contribution in [0.1, 0.15) is 30.5 Å². The van der Waals surface area contributed by atoms with Crippen LogP contribution in [0.3, 0.4) is 0 Å². The molecule has 0 heterocycles. The summed E-state index contributed by atoms with van der Waals surface area (Å²) in [5, 5.41) is 18.1. The summed E-state index contributed by atoms with van der Waals surface area (Å²) in [7, 11) is 0. The average Bonchev–Trinajstić information content (AvgIpc) is 2.26. The Labute approximate surface area is 84.8 Å². The molecule has 14 heavy (non-hydrogen) atoms. The van der Waals surface area contributed by atoms with E-state index >= 15 is 0 Å². The molecule has 0 bridgehead atoms. The molecule has 0 aliphatic carbocycles. The molecule has 0 unspecified atom stereocenters. The Bertz CT molecular complexity index is 352. The second-order valence-corrected chi connectivity index (χ2v) is 3.24. The lowest BCUT2D eigenvalue weighted by atomic mass is 9.92. The molecule has 0 amide bonds. The van der Waals surface area contributed by atoms with Gasteiger partial charge in [0.05, 0.1) is 18.2 Å². The first-order valence-electron chi connectivity index (χ1n) is 4.70. The van der Waals surface area contributed by atoms with E-state index in [0.717, 1.165) is 23.5 Å². The van der Waals surface area contributed by atoms with Crippen LogP contribution < -0.4 is 0 Å². The van der Waals surface area contributed by atoms with Gasteiger partial charge in [-0.05, 0) is 17.5 Å². The molecule has 2 heteroatoms. The number of aliphatic hydroxyl groups excluding tert-OH is 1. The van der Waals surface area contributed by atoms with Crippen LogP contribution >= 0.6 is 0 Å². The van der Waals surface area contributed by atoms with E-state index in [1.165, 1.54) is 0 Å². The van der Waals surface area contributed by atoms with Crippen molar-refractivity contribution in [3.63, 3.8) is 0 Å². The van der Waals surface area contributed by atoms with Crippen LogP contribution in [-0.2, 0) is 6.42 Å². The fraction of sp³-hybridized carbons (Fsp3) is 0.333. The van der Waals surface area contributed by atoms with E-state index in [4.69, 9.17) is 10.4 Å². The predicted molar refractivity (Wildman–Crippen MR) is 55.6 cm³/mol. The Morgan fingerprint density at radius 3 is 2.71 bits per heavy atom. The topological polar surface area (TPSA) is 44.0 Å². The summed E-state index contributed by atoms with van der Waals surface area (Å²) in [6.45, 7) is 3.87. The number of aryl methyl sites for hydroxylation is 1. The lowest BCUT2D eigenvalue weighted by Gasteiger charge is -2.11. The maximum Gasteiger partial charge on any atom is 0.0997 e. The van der Waals surface area contributed by atoms with Crippen molar-refractivity contribution >= 4 is 0 Å². The first-order chi connectivity index (χ1) is 6.74. The van der Waals surface area contributed by atoms with Gasteiger partial charge in [0, 0.05) is 5.92 Å². The fourth-order valence-corrected chi connectivity index (χ4v) is 1.47. The number of benzene rings is 1. The van der Waals surface area contributed by atoms with Crippen LogP contribution in [-0.4, -0.2) is 11.7 Å². The molecule has 1 N–H and O–H groups in total. The molecule has 2 nitrogen and oxygen atoms in total. The molecular formula is C12H14NO. The zero-order valence-electron chi connectivity index (χ0n) is 8.54. The van der Waals surface area contributed by atoms with Crippen LogP contribution in [0.25, 0.3) is 0 Å². The van der Waals surface area contributed by atoms with Crippen molar-refractivity contribution < 1.29 is 5.11 Å². The van der Waals surface area contributed by atoms with Crippen LogP contribution in [0.4, 0.5) is 0 Å². The summed E-state index contributed by atoms with van der Waals surface area (Å²) < 4.78 is 0. The minimum atomic E-state index is 0.00183. The van der Waals surface area contributed by atoms with Crippen molar-refractivity contribution in [2.45, 2.75) is 20.3 Å². The van der Waals surface area contributed by atoms with Gasteiger partial charge in [0.25, 0.3) is 0 Å². The third kappa shape index (κ3) is 1.94.